The number of rotatable bonds is 1. The van der Waals surface area contributed by atoms with E-state index in [2.05, 4.69) is 63.3 Å². The molecule has 6 heteroatoms. The van der Waals surface area contributed by atoms with E-state index in [1.165, 1.54) is 29.2 Å². The zero-order valence-corrected chi connectivity index (χ0v) is 24.7. The summed E-state index contributed by atoms with van der Waals surface area (Å²) in [7, 11) is 0. The van der Waals surface area contributed by atoms with Crippen LogP contribution in [-0.4, -0.2) is 74.5 Å². The normalized spacial score (nSPS) is 40.9. The summed E-state index contributed by atoms with van der Waals surface area (Å²) in [6.07, 6.45) is 21.3. The van der Waals surface area contributed by atoms with E-state index in [-0.39, 0.29) is 17.2 Å². The topological polar surface area (TPSA) is 64.6 Å². The van der Waals surface area contributed by atoms with Crippen molar-refractivity contribution in [2.24, 2.45) is 11.3 Å². The standard InChI is InChI=1S/C36H44N4O2/c41-35-16-7-3-1-2-4-8-19-39-21-15-29(34(24-39)23-36-17-13-25(42-36)10-9-20-40(36)33(34)35)28(22-35)31-32-27(14-18-37-31)26-11-5-6-12-30(26)38-32/h1,3,5-6,11-12,14,18,22,25,29,33,38,41H,2,4,7-10,13,15-17,19-21,23-24H2/b3-1-/t25?,29?,33?,34?,35-,36+/m0/s1. The molecule has 4 fully saturated rings. The fourth-order valence-electron chi connectivity index (χ4n) is 10.6. The van der Waals surface area contributed by atoms with Crippen LogP contribution in [0.15, 0.2) is 54.8 Å². The molecule has 6 nitrogen and oxygen atoms in total. The van der Waals surface area contributed by atoms with Gasteiger partial charge in [0.1, 0.15) is 5.72 Å². The van der Waals surface area contributed by atoms with Crippen molar-refractivity contribution < 1.29 is 9.84 Å². The SMILES string of the molecule is O[C@]12C=C(c3nccc4c3[nH]c3ccccc34)C3CCN(CCCC/C=C\CC1)CC31C[C@]34CCC(CCCN3C12)O4. The van der Waals surface area contributed by atoms with Crippen LogP contribution >= 0.6 is 0 Å². The summed E-state index contributed by atoms with van der Waals surface area (Å²) >= 11 is 0. The van der Waals surface area contributed by atoms with E-state index < -0.39 is 5.60 Å². The molecule has 2 N–H and O–H groups in total. The summed E-state index contributed by atoms with van der Waals surface area (Å²) in [6.45, 7) is 4.35. The van der Waals surface area contributed by atoms with Gasteiger partial charge in [0.05, 0.1) is 29.0 Å². The molecule has 7 heterocycles. The second-order valence-corrected chi connectivity index (χ2v) is 14.3. The summed E-state index contributed by atoms with van der Waals surface area (Å²) in [6, 6.07) is 10.8. The third-order valence-electron chi connectivity index (χ3n) is 12.0. The van der Waals surface area contributed by atoms with E-state index >= 15 is 0 Å². The minimum absolute atomic E-state index is 0.0643. The summed E-state index contributed by atoms with van der Waals surface area (Å²) < 4.78 is 7.08. The first-order chi connectivity index (χ1) is 20.6. The van der Waals surface area contributed by atoms with E-state index in [0.29, 0.717) is 12.0 Å². The Kier molecular flexibility index (Phi) is 5.86. The lowest BCUT2D eigenvalue weighted by molar-refractivity contribution is -0.145. The number of aromatic amines is 1. The van der Waals surface area contributed by atoms with Gasteiger partial charge in [-0.1, -0.05) is 30.4 Å². The first kappa shape index (κ1) is 25.9. The molecule has 5 bridgehead atoms. The molecule has 0 radical (unpaired) electrons. The second-order valence-electron chi connectivity index (χ2n) is 14.3. The number of benzene rings is 1. The minimum atomic E-state index is -0.946. The quantitative estimate of drug-likeness (QED) is 0.334. The summed E-state index contributed by atoms with van der Waals surface area (Å²) in [5.74, 6) is 0.341. The maximum Gasteiger partial charge on any atom is 0.123 e. The number of ether oxygens (including phenoxy) is 1. The first-order valence-corrected chi connectivity index (χ1v) is 16.7. The van der Waals surface area contributed by atoms with Crippen molar-refractivity contribution >= 4 is 27.4 Å². The van der Waals surface area contributed by atoms with Crippen LogP contribution in [0.25, 0.3) is 27.4 Å². The Balaban J connectivity index is 1.27. The average molecular weight is 565 g/mol. The lowest BCUT2D eigenvalue weighted by Gasteiger charge is -2.58. The van der Waals surface area contributed by atoms with Gasteiger partial charge in [0.25, 0.3) is 0 Å². The summed E-state index contributed by atoms with van der Waals surface area (Å²) in [5, 5.41) is 15.7. The van der Waals surface area contributed by atoms with Gasteiger partial charge in [0.2, 0.25) is 0 Å². The van der Waals surface area contributed by atoms with Gasteiger partial charge in [-0.2, -0.15) is 0 Å². The molecule has 9 rings (SSSR count). The van der Waals surface area contributed by atoms with Crippen molar-refractivity contribution in [1.29, 1.82) is 0 Å². The highest BCUT2D eigenvalue weighted by atomic mass is 16.5. The molecule has 4 saturated heterocycles. The van der Waals surface area contributed by atoms with Gasteiger partial charge < -0.3 is 19.7 Å². The number of allylic oxidation sites excluding steroid dienone is 3. The zero-order valence-electron chi connectivity index (χ0n) is 24.7. The van der Waals surface area contributed by atoms with E-state index in [9.17, 15) is 5.11 Å². The number of piperidine rings is 1. The Morgan fingerprint density at radius 3 is 2.83 bits per heavy atom. The van der Waals surface area contributed by atoms with E-state index in [4.69, 9.17) is 9.72 Å². The van der Waals surface area contributed by atoms with E-state index in [1.54, 1.807) is 0 Å². The lowest BCUT2D eigenvalue weighted by Crippen LogP contribution is -2.66. The molecule has 0 amide bonds. The van der Waals surface area contributed by atoms with E-state index in [0.717, 1.165) is 101 Å². The van der Waals surface area contributed by atoms with Crippen LogP contribution < -0.4 is 0 Å². The molecule has 1 aromatic carbocycles. The zero-order chi connectivity index (χ0) is 27.9. The molecular weight excluding hydrogens is 520 g/mol. The van der Waals surface area contributed by atoms with Crippen molar-refractivity contribution in [3.05, 3.63) is 60.5 Å². The largest absolute Gasteiger partial charge is 0.384 e. The van der Waals surface area contributed by atoms with Gasteiger partial charge in [-0.3, -0.25) is 9.88 Å². The maximum absolute atomic E-state index is 13.2. The number of nitrogens with one attached hydrogen (secondary N) is 1. The third-order valence-corrected chi connectivity index (χ3v) is 12.0. The number of hydrogen-bond acceptors (Lipinski definition) is 5. The van der Waals surface area contributed by atoms with Crippen molar-refractivity contribution in [3.8, 4) is 0 Å². The number of fused-ring (bicyclic) bond motifs is 5. The highest BCUT2D eigenvalue weighted by Gasteiger charge is 2.71. The molecule has 1 aliphatic carbocycles. The van der Waals surface area contributed by atoms with Gasteiger partial charge in [0, 0.05) is 41.0 Å². The molecule has 3 aromatic rings. The first-order valence-electron chi connectivity index (χ1n) is 16.7. The number of aromatic nitrogens is 2. The number of aliphatic hydroxyl groups is 1. The van der Waals surface area contributed by atoms with Crippen molar-refractivity contribution in [3.63, 3.8) is 0 Å². The van der Waals surface area contributed by atoms with Crippen LogP contribution in [0.5, 0.6) is 0 Å². The second kappa shape index (κ2) is 9.49. The number of H-pyrrole nitrogens is 1. The van der Waals surface area contributed by atoms with Crippen LogP contribution in [0.1, 0.15) is 76.3 Å². The minimum Gasteiger partial charge on any atom is -0.384 e. The number of nitrogens with zero attached hydrogens (tertiary/aromatic N) is 3. The predicted octanol–water partition coefficient (Wildman–Crippen LogP) is 6.42. The Morgan fingerprint density at radius 1 is 0.929 bits per heavy atom. The molecule has 7 atom stereocenters. The van der Waals surface area contributed by atoms with E-state index in [1.807, 2.05) is 6.20 Å². The Bertz CT molecular complexity index is 1590. The van der Waals surface area contributed by atoms with Crippen LogP contribution in [0.2, 0.25) is 0 Å². The third kappa shape index (κ3) is 3.68. The lowest BCUT2D eigenvalue weighted by atomic mass is 9.54. The highest BCUT2D eigenvalue weighted by molar-refractivity contribution is 6.09. The highest BCUT2D eigenvalue weighted by Crippen LogP contribution is 2.66. The van der Waals surface area contributed by atoms with Gasteiger partial charge in [-0.05, 0) is 113 Å². The van der Waals surface area contributed by atoms with Gasteiger partial charge in [-0.25, -0.2) is 0 Å². The Hall–Kier alpha value is -2.51. The smallest absolute Gasteiger partial charge is 0.123 e. The number of para-hydroxylation sites is 1. The molecular formula is C36H44N4O2. The van der Waals surface area contributed by atoms with Crippen LogP contribution in [0, 0.1) is 11.3 Å². The molecule has 0 saturated carbocycles. The average Bonchev–Trinajstić information content (AvgIpc) is 3.61. The fourth-order valence-corrected chi connectivity index (χ4v) is 10.6. The molecule has 5 aliphatic heterocycles. The number of pyridine rings is 1. The molecule has 5 unspecified atom stereocenters. The van der Waals surface area contributed by atoms with Gasteiger partial charge in [0.15, 0.2) is 0 Å². The molecule has 42 heavy (non-hydrogen) atoms. The fraction of sp³-hybridized carbons (Fsp3) is 0.583. The Labute approximate surface area is 248 Å². The maximum atomic E-state index is 13.2. The Morgan fingerprint density at radius 2 is 1.86 bits per heavy atom. The van der Waals surface area contributed by atoms with Crippen molar-refractivity contribution in [2.75, 3.05) is 26.2 Å². The monoisotopic (exact) mass is 564 g/mol. The summed E-state index contributed by atoms with van der Waals surface area (Å²) in [5.41, 5.74) is 3.32. The van der Waals surface area contributed by atoms with Gasteiger partial charge >= 0.3 is 0 Å². The van der Waals surface area contributed by atoms with Crippen molar-refractivity contribution in [2.45, 2.75) is 94.1 Å². The van der Waals surface area contributed by atoms with Crippen LogP contribution in [-0.2, 0) is 4.74 Å². The van der Waals surface area contributed by atoms with Crippen molar-refractivity contribution in [1.82, 2.24) is 19.8 Å². The molecule has 2 spiro atoms. The molecule has 220 valence electrons. The molecule has 6 aliphatic rings. The molecule has 2 aromatic heterocycles. The van der Waals surface area contributed by atoms with Crippen LogP contribution in [0.3, 0.4) is 0 Å². The van der Waals surface area contributed by atoms with Crippen LogP contribution in [0.4, 0.5) is 0 Å². The number of hydrogen-bond donors (Lipinski definition) is 2. The summed E-state index contributed by atoms with van der Waals surface area (Å²) in [4.78, 5) is 14.3. The predicted molar refractivity (Wildman–Crippen MR) is 167 cm³/mol. The van der Waals surface area contributed by atoms with Gasteiger partial charge in [-0.15, -0.1) is 0 Å².